The number of ether oxygens (including phenoxy) is 2. The quantitative estimate of drug-likeness (QED) is 0.293. The molecule has 31 heavy (non-hydrogen) atoms. The summed E-state index contributed by atoms with van der Waals surface area (Å²) < 4.78 is 18.3. The molecule has 0 aliphatic carbocycles. The van der Waals surface area contributed by atoms with Crippen molar-refractivity contribution in [1.82, 2.24) is 4.90 Å². The van der Waals surface area contributed by atoms with Crippen LogP contribution < -0.4 is 9.47 Å². The molecule has 0 aliphatic heterocycles. The molecule has 2 aromatic carbocycles. The molecule has 0 spiro atoms. The summed E-state index contributed by atoms with van der Waals surface area (Å²) in [6, 6.07) is 19.4. The summed E-state index contributed by atoms with van der Waals surface area (Å²) in [5, 5.41) is 3.03. The van der Waals surface area contributed by atoms with Crippen molar-refractivity contribution in [2.75, 3.05) is 27.3 Å². The third-order valence-corrected chi connectivity index (χ3v) is 7.00. The van der Waals surface area contributed by atoms with E-state index < -0.39 is 0 Å². The maximum atomic E-state index is 13.2. The smallest absolute Gasteiger partial charge is 0.289 e. The number of thiophene rings is 1. The van der Waals surface area contributed by atoms with Gasteiger partial charge in [-0.05, 0) is 29.6 Å². The summed E-state index contributed by atoms with van der Waals surface area (Å²) in [7, 11) is 3.37. The number of furan rings is 1. The van der Waals surface area contributed by atoms with Gasteiger partial charge >= 0.3 is 0 Å². The van der Waals surface area contributed by atoms with Crippen molar-refractivity contribution in [2.24, 2.45) is 0 Å². The predicted octanol–water partition coefficient (Wildman–Crippen LogP) is 5.95. The van der Waals surface area contributed by atoms with E-state index in [2.05, 4.69) is 11.4 Å². The van der Waals surface area contributed by atoms with Gasteiger partial charge in [0.2, 0.25) is 0 Å². The molecule has 2 heterocycles. The van der Waals surface area contributed by atoms with Crippen molar-refractivity contribution in [1.29, 1.82) is 0 Å². The highest BCUT2D eigenvalue weighted by molar-refractivity contribution is 8.00. The number of para-hydroxylation sites is 3. The fourth-order valence-corrected chi connectivity index (χ4v) is 5.02. The molecular formula is C24H23NO4S2. The summed E-state index contributed by atoms with van der Waals surface area (Å²) in [5.41, 5.74) is 1.66. The standard InChI is InChI=1S/C24H23NO4S2/c1-25(13-14-28-21-11-6-5-10-20(21)27-2)24(26)23-18(16-31-22-12-7-15-30-22)17-8-3-4-9-19(17)29-23/h3-12,15H,13-14,16H2,1-2H3. The van der Waals surface area contributed by atoms with E-state index in [4.69, 9.17) is 13.9 Å². The lowest BCUT2D eigenvalue weighted by molar-refractivity contribution is 0.0743. The van der Waals surface area contributed by atoms with Crippen LogP contribution in [0.15, 0.2) is 74.7 Å². The molecule has 0 unspecified atom stereocenters. The topological polar surface area (TPSA) is 51.9 Å². The van der Waals surface area contributed by atoms with E-state index in [1.54, 1.807) is 42.2 Å². The molecule has 1 amide bonds. The third kappa shape index (κ3) is 4.89. The first-order valence-corrected chi connectivity index (χ1v) is 11.7. The highest BCUT2D eigenvalue weighted by Gasteiger charge is 2.23. The van der Waals surface area contributed by atoms with Crippen LogP contribution in [-0.4, -0.2) is 38.1 Å². The van der Waals surface area contributed by atoms with Crippen LogP contribution in [0.5, 0.6) is 11.5 Å². The predicted molar refractivity (Wildman–Crippen MR) is 126 cm³/mol. The Labute approximate surface area is 189 Å². The number of rotatable bonds is 9. The number of carbonyl (C=O) groups excluding carboxylic acids is 1. The van der Waals surface area contributed by atoms with Crippen LogP contribution >= 0.6 is 23.1 Å². The van der Waals surface area contributed by atoms with E-state index in [0.29, 0.717) is 36.2 Å². The second kappa shape index (κ2) is 9.94. The van der Waals surface area contributed by atoms with Crippen molar-refractivity contribution in [2.45, 2.75) is 9.96 Å². The highest BCUT2D eigenvalue weighted by atomic mass is 32.2. The van der Waals surface area contributed by atoms with Gasteiger partial charge in [0.05, 0.1) is 17.9 Å². The van der Waals surface area contributed by atoms with Gasteiger partial charge in [-0.15, -0.1) is 23.1 Å². The Morgan fingerprint density at radius 1 is 1.06 bits per heavy atom. The van der Waals surface area contributed by atoms with Crippen LogP contribution in [-0.2, 0) is 5.75 Å². The van der Waals surface area contributed by atoms with Crippen LogP contribution in [0.25, 0.3) is 11.0 Å². The number of methoxy groups -OCH3 is 1. The molecule has 0 saturated heterocycles. The Kier molecular flexibility index (Phi) is 6.84. The van der Waals surface area contributed by atoms with E-state index in [1.165, 1.54) is 4.21 Å². The fraction of sp³-hybridized carbons (Fsp3) is 0.208. The zero-order valence-electron chi connectivity index (χ0n) is 17.4. The number of thioether (sulfide) groups is 1. The van der Waals surface area contributed by atoms with E-state index in [1.807, 2.05) is 54.6 Å². The van der Waals surface area contributed by atoms with Crippen LogP contribution in [0.1, 0.15) is 16.1 Å². The summed E-state index contributed by atoms with van der Waals surface area (Å²) in [4.78, 5) is 14.8. The maximum Gasteiger partial charge on any atom is 0.289 e. The van der Waals surface area contributed by atoms with Gasteiger partial charge < -0.3 is 18.8 Å². The number of fused-ring (bicyclic) bond motifs is 1. The lowest BCUT2D eigenvalue weighted by atomic mass is 10.1. The third-order valence-electron chi connectivity index (χ3n) is 4.85. The molecule has 4 rings (SSSR count). The number of likely N-dealkylation sites (N-methyl/N-ethyl adjacent to an activating group) is 1. The Balaban J connectivity index is 1.47. The zero-order chi connectivity index (χ0) is 21.6. The molecule has 160 valence electrons. The van der Waals surface area contributed by atoms with Crippen molar-refractivity contribution in [3.05, 3.63) is 77.4 Å². The van der Waals surface area contributed by atoms with Crippen LogP contribution in [0.2, 0.25) is 0 Å². The lowest BCUT2D eigenvalue weighted by Crippen LogP contribution is -2.31. The van der Waals surface area contributed by atoms with Crippen molar-refractivity contribution in [3.8, 4) is 11.5 Å². The second-order valence-electron chi connectivity index (χ2n) is 6.85. The zero-order valence-corrected chi connectivity index (χ0v) is 19.0. The molecule has 0 saturated carbocycles. The molecule has 0 N–H and O–H groups in total. The largest absolute Gasteiger partial charge is 0.493 e. The molecule has 7 heteroatoms. The summed E-state index contributed by atoms with van der Waals surface area (Å²) in [6.45, 7) is 0.771. The first-order valence-electron chi connectivity index (χ1n) is 9.85. The summed E-state index contributed by atoms with van der Waals surface area (Å²) in [5.74, 6) is 2.24. The van der Waals surface area contributed by atoms with Gasteiger partial charge in [0.15, 0.2) is 17.3 Å². The van der Waals surface area contributed by atoms with Crippen molar-refractivity contribution < 1.29 is 18.7 Å². The number of nitrogens with zero attached hydrogens (tertiary/aromatic N) is 1. The number of amides is 1. The van der Waals surface area contributed by atoms with Gasteiger partial charge in [-0.1, -0.05) is 36.4 Å². The van der Waals surface area contributed by atoms with Gasteiger partial charge in [0.1, 0.15) is 12.2 Å². The number of carbonyl (C=O) groups is 1. The monoisotopic (exact) mass is 453 g/mol. The first-order chi connectivity index (χ1) is 15.2. The Bertz CT molecular complexity index is 1150. The molecular weight excluding hydrogens is 430 g/mol. The van der Waals surface area contributed by atoms with Gasteiger partial charge in [0.25, 0.3) is 5.91 Å². The van der Waals surface area contributed by atoms with E-state index >= 15 is 0 Å². The molecule has 0 bridgehead atoms. The molecule has 0 atom stereocenters. The fourth-order valence-electron chi connectivity index (χ4n) is 3.21. The van der Waals surface area contributed by atoms with E-state index in [-0.39, 0.29) is 5.91 Å². The van der Waals surface area contributed by atoms with Gasteiger partial charge in [-0.2, -0.15) is 0 Å². The average molecular weight is 454 g/mol. The minimum Gasteiger partial charge on any atom is -0.493 e. The molecule has 5 nitrogen and oxygen atoms in total. The average Bonchev–Trinajstić information content (AvgIpc) is 3.45. The second-order valence-corrected chi connectivity index (χ2v) is 9.08. The minimum absolute atomic E-state index is 0.151. The van der Waals surface area contributed by atoms with Crippen LogP contribution in [0.3, 0.4) is 0 Å². The summed E-state index contributed by atoms with van der Waals surface area (Å²) in [6.07, 6.45) is 0. The van der Waals surface area contributed by atoms with Crippen molar-refractivity contribution in [3.63, 3.8) is 0 Å². The number of hydrogen-bond acceptors (Lipinski definition) is 6. The lowest BCUT2D eigenvalue weighted by Gasteiger charge is -2.17. The molecule has 0 radical (unpaired) electrons. The van der Waals surface area contributed by atoms with E-state index in [9.17, 15) is 4.79 Å². The SMILES string of the molecule is COc1ccccc1OCCN(C)C(=O)c1oc2ccccc2c1CSc1cccs1. The molecule has 2 aromatic heterocycles. The Hall–Kier alpha value is -2.90. The highest BCUT2D eigenvalue weighted by Crippen LogP contribution is 2.34. The maximum absolute atomic E-state index is 13.2. The van der Waals surface area contributed by atoms with Crippen LogP contribution in [0.4, 0.5) is 0 Å². The van der Waals surface area contributed by atoms with Crippen LogP contribution in [0, 0.1) is 0 Å². The molecule has 0 aliphatic rings. The van der Waals surface area contributed by atoms with Gasteiger partial charge in [-0.3, -0.25) is 4.79 Å². The minimum atomic E-state index is -0.151. The number of benzene rings is 2. The first kappa shape index (κ1) is 21.3. The normalized spacial score (nSPS) is 10.9. The van der Waals surface area contributed by atoms with Gasteiger partial charge in [-0.25, -0.2) is 0 Å². The van der Waals surface area contributed by atoms with E-state index in [0.717, 1.165) is 16.5 Å². The number of hydrogen-bond donors (Lipinski definition) is 0. The Morgan fingerprint density at radius 2 is 1.84 bits per heavy atom. The molecule has 4 aromatic rings. The van der Waals surface area contributed by atoms with Crippen molar-refractivity contribution >= 4 is 40.0 Å². The Morgan fingerprint density at radius 3 is 2.61 bits per heavy atom. The summed E-state index contributed by atoms with van der Waals surface area (Å²) >= 11 is 3.40. The molecule has 0 fully saturated rings. The van der Waals surface area contributed by atoms with Gasteiger partial charge in [0, 0.05) is 23.8 Å².